The Labute approximate surface area is 98.9 Å². The molecule has 0 N–H and O–H groups in total. The summed E-state index contributed by atoms with van der Waals surface area (Å²) >= 11 is 17.1. The Morgan fingerprint density at radius 2 is 1.71 bits per heavy atom. The van der Waals surface area contributed by atoms with E-state index in [-0.39, 0.29) is 0 Å². The summed E-state index contributed by atoms with van der Waals surface area (Å²) in [6, 6.07) is 7.09. The predicted octanol–water partition coefficient (Wildman–Crippen LogP) is 4.30. The van der Waals surface area contributed by atoms with Gasteiger partial charge in [0.1, 0.15) is 5.75 Å². The molecule has 0 saturated carbocycles. The number of alkyl halides is 3. The third-order valence-corrected chi connectivity index (χ3v) is 2.31. The fourth-order valence-corrected chi connectivity index (χ4v) is 1.34. The number of hydrogen-bond donors (Lipinski definition) is 0. The van der Waals surface area contributed by atoms with Crippen molar-refractivity contribution < 1.29 is 4.74 Å². The maximum absolute atomic E-state index is 5.71. The normalized spacial score (nSPS) is 11.4. The molecule has 0 radical (unpaired) electrons. The van der Waals surface area contributed by atoms with Crippen LogP contribution in [0.2, 0.25) is 0 Å². The Morgan fingerprint density at radius 1 is 1.14 bits per heavy atom. The summed E-state index contributed by atoms with van der Waals surface area (Å²) in [6.07, 6.45) is 0.978. The van der Waals surface area contributed by atoms with Crippen LogP contribution in [-0.4, -0.2) is 6.61 Å². The van der Waals surface area contributed by atoms with Crippen LogP contribution in [0.1, 0.15) is 18.9 Å². The van der Waals surface area contributed by atoms with Gasteiger partial charge in [0, 0.05) is 5.56 Å². The number of rotatable bonds is 3. The van der Waals surface area contributed by atoms with Crippen LogP contribution in [0.3, 0.4) is 0 Å². The highest BCUT2D eigenvalue weighted by molar-refractivity contribution is 6.66. The molecule has 14 heavy (non-hydrogen) atoms. The van der Waals surface area contributed by atoms with Crippen LogP contribution in [0.15, 0.2) is 24.3 Å². The first-order chi connectivity index (χ1) is 6.54. The fourth-order valence-electron chi connectivity index (χ4n) is 0.960. The van der Waals surface area contributed by atoms with E-state index in [4.69, 9.17) is 39.5 Å². The summed E-state index contributed by atoms with van der Waals surface area (Å²) in [5, 5.41) is 0. The van der Waals surface area contributed by atoms with Crippen LogP contribution in [0, 0.1) is 0 Å². The molecule has 0 atom stereocenters. The largest absolute Gasteiger partial charge is 0.494 e. The van der Waals surface area contributed by atoms with E-state index in [1.165, 1.54) is 0 Å². The van der Waals surface area contributed by atoms with Crippen molar-refractivity contribution in [3.63, 3.8) is 0 Å². The Morgan fingerprint density at radius 3 is 2.14 bits per heavy atom. The van der Waals surface area contributed by atoms with Gasteiger partial charge in [0.15, 0.2) is 0 Å². The van der Waals surface area contributed by atoms with E-state index in [9.17, 15) is 0 Å². The van der Waals surface area contributed by atoms with Crippen LogP contribution in [-0.2, 0) is 3.79 Å². The molecule has 0 spiro atoms. The van der Waals surface area contributed by atoms with Gasteiger partial charge in [-0.25, -0.2) is 0 Å². The van der Waals surface area contributed by atoms with Crippen LogP contribution >= 0.6 is 34.8 Å². The first-order valence-corrected chi connectivity index (χ1v) is 5.47. The van der Waals surface area contributed by atoms with Crippen molar-refractivity contribution in [3.05, 3.63) is 29.8 Å². The van der Waals surface area contributed by atoms with E-state index in [1.807, 2.05) is 0 Å². The van der Waals surface area contributed by atoms with Gasteiger partial charge in [0.25, 0.3) is 0 Å². The summed E-state index contributed by atoms with van der Waals surface area (Å²) in [6.45, 7) is 2.75. The Kier molecular flexibility index (Phi) is 4.36. The first-order valence-electron chi connectivity index (χ1n) is 4.34. The van der Waals surface area contributed by atoms with Gasteiger partial charge >= 0.3 is 0 Å². The zero-order chi connectivity index (χ0) is 10.6. The summed E-state index contributed by atoms with van der Waals surface area (Å²) in [7, 11) is 0. The molecule has 1 aromatic rings. The minimum absolute atomic E-state index is 0.645. The van der Waals surface area contributed by atoms with Crippen molar-refractivity contribution in [2.45, 2.75) is 17.1 Å². The number of halogens is 3. The molecule has 1 aromatic carbocycles. The first kappa shape index (κ1) is 12.0. The molecule has 0 aliphatic carbocycles. The lowest BCUT2D eigenvalue weighted by molar-refractivity contribution is 0.317. The van der Waals surface area contributed by atoms with Crippen LogP contribution < -0.4 is 4.74 Å². The van der Waals surface area contributed by atoms with Gasteiger partial charge in [-0.3, -0.25) is 0 Å². The van der Waals surface area contributed by atoms with Gasteiger partial charge in [-0.1, -0.05) is 53.9 Å². The van der Waals surface area contributed by atoms with Crippen LogP contribution in [0.4, 0.5) is 0 Å². The third-order valence-electron chi connectivity index (χ3n) is 1.65. The zero-order valence-electron chi connectivity index (χ0n) is 7.77. The van der Waals surface area contributed by atoms with Crippen molar-refractivity contribution in [2.24, 2.45) is 0 Å². The summed E-state index contributed by atoms with van der Waals surface area (Å²) < 4.78 is 4.04. The fraction of sp³-hybridized carbons (Fsp3) is 0.400. The van der Waals surface area contributed by atoms with Gasteiger partial charge in [-0.2, -0.15) is 0 Å². The number of benzene rings is 1. The molecule has 0 unspecified atom stereocenters. The second-order valence-electron chi connectivity index (χ2n) is 2.87. The lowest BCUT2D eigenvalue weighted by Crippen LogP contribution is -2.00. The molecule has 0 bridgehead atoms. The maximum Gasteiger partial charge on any atom is 0.216 e. The number of ether oxygens (including phenoxy) is 1. The van der Waals surface area contributed by atoms with Crippen LogP contribution in [0.25, 0.3) is 0 Å². The minimum Gasteiger partial charge on any atom is -0.494 e. The SMILES string of the molecule is CCCOc1ccc(C(Cl)(Cl)Cl)cc1. The van der Waals surface area contributed by atoms with Gasteiger partial charge in [-0.05, 0) is 18.6 Å². The molecule has 0 aromatic heterocycles. The van der Waals surface area contributed by atoms with Crippen LogP contribution in [0.5, 0.6) is 5.75 Å². The third kappa shape index (κ3) is 3.56. The molecular formula is C10H11Cl3O. The lowest BCUT2D eigenvalue weighted by atomic mass is 10.2. The molecule has 1 nitrogen and oxygen atoms in total. The molecule has 4 heteroatoms. The van der Waals surface area contributed by atoms with E-state index in [2.05, 4.69) is 6.92 Å². The molecule has 0 fully saturated rings. The molecule has 0 heterocycles. The Balaban J connectivity index is 2.69. The van der Waals surface area contributed by atoms with Crippen molar-refractivity contribution in [2.75, 3.05) is 6.61 Å². The molecular weight excluding hydrogens is 242 g/mol. The highest BCUT2D eigenvalue weighted by Gasteiger charge is 2.22. The molecule has 0 saturated heterocycles. The molecule has 1 rings (SSSR count). The minimum atomic E-state index is -1.36. The van der Waals surface area contributed by atoms with Crippen molar-refractivity contribution in [3.8, 4) is 5.75 Å². The van der Waals surface area contributed by atoms with E-state index in [1.54, 1.807) is 24.3 Å². The van der Waals surface area contributed by atoms with E-state index in [0.717, 1.165) is 12.2 Å². The Hall–Kier alpha value is -0.110. The van der Waals surface area contributed by atoms with Gasteiger partial charge in [-0.15, -0.1) is 0 Å². The average molecular weight is 254 g/mol. The zero-order valence-corrected chi connectivity index (χ0v) is 10.0. The lowest BCUT2D eigenvalue weighted by Gasteiger charge is -2.11. The second-order valence-corrected chi connectivity index (χ2v) is 5.15. The summed E-state index contributed by atoms with van der Waals surface area (Å²) in [4.78, 5) is 0. The molecule has 0 aliphatic heterocycles. The summed E-state index contributed by atoms with van der Waals surface area (Å²) in [5.41, 5.74) is 0.645. The Bertz CT molecular complexity index is 276. The average Bonchev–Trinajstić information content (AvgIpc) is 2.14. The van der Waals surface area contributed by atoms with Crippen molar-refractivity contribution in [1.29, 1.82) is 0 Å². The molecule has 0 aliphatic rings. The van der Waals surface area contributed by atoms with E-state index in [0.29, 0.717) is 12.2 Å². The highest BCUT2D eigenvalue weighted by Crippen LogP contribution is 2.38. The second kappa shape index (κ2) is 5.11. The van der Waals surface area contributed by atoms with Gasteiger partial charge in [0.2, 0.25) is 3.79 Å². The van der Waals surface area contributed by atoms with Crippen molar-refractivity contribution in [1.82, 2.24) is 0 Å². The van der Waals surface area contributed by atoms with E-state index >= 15 is 0 Å². The molecule has 0 amide bonds. The van der Waals surface area contributed by atoms with Gasteiger partial charge in [0.05, 0.1) is 6.61 Å². The topological polar surface area (TPSA) is 9.23 Å². The smallest absolute Gasteiger partial charge is 0.216 e. The van der Waals surface area contributed by atoms with E-state index < -0.39 is 3.79 Å². The highest BCUT2D eigenvalue weighted by atomic mass is 35.6. The standard InChI is InChI=1S/C10H11Cl3O/c1-2-7-14-9-5-3-8(4-6-9)10(11,12)13/h3-6H,2,7H2,1H3. The van der Waals surface area contributed by atoms with Crippen molar-refractivity contribution >= 4 is 34.8 Å². The monoisotopic (exact) mass is 252 g/mol. The maximum atomic E-state index is 5.71. The molecule has 78 valence electrons. The quantitative estimate of drug-likeness (QED) is 0.730. The van der Waals surface area contributed by atoms with Gasteiger partial charge < -0.3 is 4.74 Å². The summed E-state index contributed by atoms with van der Waals surface area (Å²) in [5.74, 6) is 0.796. The number of hydrogen-bond acceptors (Lipinski definition) is 1. The predicted molar refractivity (Wildman–Crippen MR) is 61.5 cm³/mol.